The lowest BCUT2D eigenvalue weighted by Crippen LogP contribution is -2.36. The average molecular weight is 554 g/mol. The summed E-state index contributed by atoms with van der Waals surface area (Å²) in [6.07, 6.45) is 7.26. The molecule has 0 aliphatic heterocycles. The van der Waals surface area contributed by atoms with Crippen molar-refractivity contribution >= 4 is 6.09 Å². The Kier molecular flexibility index (Phi) is 15.6. The Labute approximate surface area is 240 Å². The van der Waals surface area contributed by atoms with E-state index >= 15 is 0 Å². The fourth-order valence-corrected chi connectivity index (χ4v) is 3.63. The third-order valence-corrected chi connectivity index (χ3v) is 5.63. The topological polar surface area (TPSA) is 66.5 Å². The molecule has 220 valence electrons. The standard InChI is InChI=1S/C33H47NO6/c1-6-8-10-20-36-22-24-38-30-16-12-28(13-17-30)26-34(32(35)40-33(3,4)5)27-29-14-18-31(19-15-29)39-25-23-37-21-11-9-7-2/h6-7,12-19H,1-2,8-11,20-27H2,3-5H3. The number of carbonyl (C=O) groups is 1. The van der Waals surface area contributed by atoms with E-state index in [-0.39, 0.29) is 6.09 Å². The van der Waals surface area contributed by atoms with Gasteiger partial charge in [0.25, 0.3) is 0 Å². The maximum atomic E-state index is 13.1. The van der Waals surface area contributed by atoms with Crippen LogP contribution in [0.5, 0.6) is 11.5 Å². The smallest absolute Gasteiger partial charge is 0.410 e. The van der Waals surface area contributed by atoms with Gasteiger partial charge in [-0.05, 0) is 81.8 Å². The normalized spacial score (nSPS) is 11.1. The van der Waals surface area contributed by atoms with E-state index in [4.69, 9.17) is 23.7 Å². The van der Waals surface area contributed by atoms with Gasteiger partial charge in [0.15, 0.2) is 0 Å². The van der Waals surface area contributed by atoms with Crippen LogP contribution >= 0.6 is 0 Å². The van der Waals surface area contributed by atoms with Crippen molar-refractivity contribution in [1.82, 2.24) is 4.90 Å². The van der Waals surface area contributed by atoms with Crippen LogP contribution in [0.2, 0.25) is 0 Å². The third-order valence-electron chi connectivity index (χ3n) is 5.63. The highest BCUT2D eigenvalue weighted by molar-refractivity contribution is 5.68. The van der Waals surface area contributed by atoms with Gasteiger partial charge in [-0.1, -0.05) is 36.4 Å². The van der Waals surface area contributed by atoms with Crippen molar-refractivity contribution in [1.29, 1.82) is 0 Å². The van der Waals surface area contributed by atoms with Crippen molar-refractivity contribution in [2.75, 3.05) is 39.6 Å². The molecule has 0 heterocycles. The van der Waals surface area contributed by atoms with Gasteiger partial charge in [-0.2, -0.15) is 0 Å². The van der Waals surface area contributed by atoms with Gasteiger partial charge in [0, 0.05) is 26.3 Å². The molecule has 0 spiro atoms. The molecule has 0 radical (unpaired) electrons. The van der Waals surface area contributed by atoms with Crippen molar-refractivity contribution in [2.24, 2.45) is 0 Å². The first-order chi connectivity index (χ1) is 19.3. The van der Waals surface area contributed by atoms with Crippen LogP contribution in [-0.4, -0.2) is 56.2 Å². The Balaban J connectivity index is 1.89. The summed E-state index contributed by atoms with van der Waals surface area (Å²) in [5.41, 5.74) is 1.37. The van der Waals surface area contributed by atoms with Crippen LogP contribution in [-0.2, 0) is 27.3 Å². The van der Waals surface area contributed by atoms with E-state index in [0.29, 0.717) is 52.7 Å². The minimum absolute atomic E-state index is 0.365. The second-order valence-electron chi connectivity index (χ2n) is 10.4. The number of allylic oxidation sites excluding steroid dienone is 2. The number of hydrogen-bond acceptors (Lipinski definition) is 6. The van der Waals surface area contributed by atoms with Crippen LogP contribution in [0.15, 0.2) is 73.8 Å². The molecular weight excluding hydrogens is 506 g/mol. The van der Waals surface area contributed by atoms with E-state index in [1.54, 1.807) is 4.90 Å². The average Bonchev–Trinajstić information content (AvgIpc) is 2.92. The highest BCUT2D eigenvalue weighted by Crippen LogP contribution is 2.20. The van der Waals surface area contributed by atoms with Crippen molar-refractivity contribution in [2.45, 2.75) is 65.1 Å². The van der Waals surface area contributed by atoms with Gasteiger partial charge in [-0.15, -0.1) is 13.2 Å². The van der Waals surface area contributed by atoms with Gasteiger partial charge in [0.05, 0.1) is 13.2 Å². The Hall–Kier alpha value is -3.29. The van der Waals surface area contributed by atoms with Crippen molar-refractivity contribution in [3.8, 4) is 11.5 Å². The highest BCUT2D eigenvalue weighted by Gasteiger charge is 2.22. The predicted octanol–water partition coefficient (Wildman–Crippen LogP) is 7.35. The first-order valence-electron chi connectivity index (χ1n) is 14.1. The summed E-state index contributed by atoms with van der Waals surface area (Å²) in [5, 5.41) is 0. The largest absolute Gasteiger partial charge is 0.491 e. The minimum Gasteiger partial charge on any atom is -0.491 e. The molecule has 0 saturated carbocycles. The van der Waals surface area contributed by atoms with Crippen LogP contribution in [0, 0.1) is 0 Å². The molecule has 1 amide bonds. The molecule has 0 N–H and O–H groups in total. The van der Waals surface area contributed by atoms with Gasteiger partial charge in [0.1, 0.15) is 30.3 Å². The number of nitrogens with zero attached hydrogens (tertiary/aromatic N) is 1. The van der Waals surface area contributed by atoms with E-state index in [0.717, 1.165) is 48.3 Å². The summed E-state index contributed by atoms with van der Waals surface area (Å²) in [7, 11) is 0. The Morgan fingerprint density at radius 3 is 1.50 bits per heavy atom. The van der Waals surface area contributed by atoms with Gasteiger partial charge in [-0.25, -0.2) is 4.79 Å². The molecule has 0 fully saturated rings. The summed E-state index contributed by atoms with van der Waals surface area (Å²) in [5.74, 6) is 1.53. The maximum Gasteiger partial charge on any atom is 0.410 e. The molecule has 7 heteroatoms. The Morgan fingerprint density at radius 1 is 0.700 bits per heavy atom. The predicted molar refractivity (Wildman–Crippen MR) is 160 cm³/mol. The van der Waals surface area contributed by atoms with Crippen LogP contribution in [0.1, 0.15) is 57.6 Å². The van der Waals surface area contributed by atoms with Gasteiger partial charge >= 0.3 is 6.09 Å². The van der Waals surface area contributed by atoms with Crippen LogP contribution in [0.4, 0.5) is 4.79 Å². The van der Waals surface area contributed by atoms with E-state index in [9.17, 15) is 4.79 Å². The minimum atomic E-state index is -0.591. The van der Waals surface area contributed by atoms with Gasteiger partial charge in [0.2, 0.25) is 0 Å². The number of amides is 1. The van der Waals surface area contributed by atoms with Crippen LogP contribution in [0.25, 0.3) is 0 Å². The van der Waals surface area contributed by atoms with E-state index in [2.05, 4.69) is 13.2 Å². The zero-order chi connectivity index (χ0) is 29.1. The third kappa shape index (κ3) is 14.8. The van der Waals surface area contributed by atoms with Crippen molar-refractivity contribution in [3.05, 3.63) is 85.0 Å². The number of ether oxygens (including phenoxy) is 5. The fourth-order valence-electron chi connectivity index (χ4n) is 3.63. The molecule has 0 aliphatic carbocycles. The second-order valence-corrected chi connectivity index (χ2v) is 10.4. The first-order valence-corrected chi connectivity index (χ1v) is 14.1. The molecule has 0 atom stereocenters. The Morgan fingerprint density at radius 2 is 1.12 bits per heavy atom. The van der Waals surface area contributed by atoms with Crippen molar-refractivity contribution < 1.29 is 28.5 Å². The lowest BCUT2D eigenvalue weighted by atomic mass is 10.1. The molecule has 2 aromatic rings. The summed E-state index contributed by atoms with van der Waals surface area (Å²) < 4.78 is 28.4. The number of rotatable bonds is 20. The van der Waals surface area contributed by atoms with Crippen molar-refractivity contribution in [3.63, 3.8) is 0 Å². The van der Waals surface area contributed by atoms with E-state index in [1.807, 2.05) is 81.5 Å². The number of unbranched alkanes of at least 4 members (excludes halogenated alkanes) is 2. The molecule has 7 nitrogen and oxygen atoms in total. The SMILES string of the molecule is C=CCCCOCCOc1ccc(CN(Cc2ccc(OCCOCCCC=C)cc2)C(=O)OC(C)(C)C)cc1. The summed E-state index contributed by atoms with van der Waals surface area (Å²) >= 11 is 0. The molecule has 0 aliphatic rings. The summed E-state index contributed by atoms with van der Waals surface area (Å²) in [6.45, 7) is 17.3. The lowest BCUT2D eigenvalue weighted by molar-refractivity contribution is 0.0216. The number of hydrogen-bond donors (Lipinski definition) is 0. The van der Waals surface area contributed by atoms with E-state index in [1.165, 1.54) is 0 Å². The maximum absolute atomic E-state index is 13.1. The number of benzene rings is 2. The quantitative estimate of drug-likeness (QED) is 0.126. The fraction of sp³-hybridized carbons (Fsp3) is 0.485. The zero-order valence-electron chi connectivity index (χ0n) is 24.6. The lowest BCUT2D eigenvalue weighted by Gasteiger charge is -2.27. The molecule has 0 aromatic heterocycles. The molecule has 2 rings (SSSR count). The molecule has 0 unspecified atom stereocenters. The summed E-state index contributed by atoms with van der Waals surface area (Å²) in [4.78, 5) is 14.8. The molecule has 0 bridgehead atoms. The van der Waals surface area contributed by atoms with Gasteiger partial charge < -0.3 is 23.7 Å². The molecular formula is C33H47NO6. The first kappa shape index (κ1) is 32.9. The van der Waals surface area contributed by atoms with Crippen LogP contribution < -0.4 is 9.47 Å². The van der Waals surface area contributed by atoms with Gasteiger partial charge in [-0.3, -0.25) is 4.90 Å². The molecule has 0 saturated heterocycles. The monoisotopic (exact) mass is 553 g/mol. The zero-order valence-corrected chi connectivity index (χ0v) is 24.6. The second kappa shape index (κ2) is 18.9. The molecule has 40 heavy (non-hydrogen) atoms. The number of carbonyl (C=O) groups excluding carboxylic acids is 1. The summed E-state index contributed by atoms with van der Waals surface area (Å²) in [6, 6.07) is 15.5. The van der Waals surface area contributed by atoms with E-state index < -0.39 is 5.60 Å². The molecule has 2 aromatic carbocycles. The Bertz CT molecular complexity index is 914. The highest BCUT2D eigenvalue weighted by atomic mass is 16.6. The van der Waals surface area contributed by atoms with Crippen LogP contribution in [0.3, 0.4) is 0 Å².